The van der Waals surface area contributed by atoms with E-state index in [0.717, 1.165) is 6.07 Å². The predicted octanol–water partition coefficient (Wildman–Crippen LogP) is 3.08. The number of aliphatic hydroxyl groups is 1. The predicted molar refractivity (Wildman–Crippen MR) is 123 cm³/mol. The fraction of sp³-hybridized carbons (Fsp3) is 0.667. The number of hydrogen-bond acceptors (Lipinski definition) is 5. The first-order valence-corrected chi connectivity index (χ1v) is 12.5. The molecule has 200 valence electrons. The molecule has 12 heteroatoms. The van der Waals surface area contributed by atoms with Crippen molar-refractivity contribution in [3.05, 3.63) is 29.0 Å². The zero-order valence-electron chi connectivity index (χ0n) is 19.6. The van der Waals surface area contributed by atoms with Crippen molar-refractivity contribution in [2.75, 3.05) is 19.7 Å². The van der Waals surface area contributed by atoms with E-state index < -0.39 is 40.9 Å². The van der Waals surface area contributed by atoms with E-state index in [1.54, 1.807) is 0 Å². The molecule has 1 aliphatic heterocycles. The molecule has 2 amide bonds. The molecule has 36 heavy (non-hydrogen) atoms. The number of carbonyl (C=O) groups excluding carboxylic acids is 2. The highest BCUT2D eigenvalue weighted by Gasteiger charge is 2.57. The van der Waals surface area contributed by atoms with Crippen molar-refractivity contribution in [3.8, 4) is 5.75 Å². The lowest BCUT2D eigenvalue weighted by atomic mass is 9.55. The number of amides is 2. The third-order valence-electron chi connectivity index (χ3n) is 7.94. The Balaban J connectivity index is 1.25. The van der Waals surface area contributed by atoms with E-state index in [1.165, 1.54) is 12.1 Å². The molecule has 3 atom stereocenters. The minimum Gasteiger partial charge on any atom is -0.484 e. The molecular formula is C24H30ClF4N3O4. The smallest absolute Gasteiger partial charge is 0.393 e. The molecule has 3 aliphatic carbocycles. The minimum absolute atomic E-state index is 0.0276. The molecule has 0 aromatic heterocycles. The molecule has 1 aromatic carbocycles. The number of fused-ring (bicyclic) bond motifs is 3. The Bertz CT molecular complexity index is 977. The lowest BCUT2D eigenvalue weighted by Gasteiger charge is -2.55. The average molecular weight is 536 g/mol. The van der Waals surface area contributed by atoms with Crippen molar-refractivity contribution in [1.29, 1.82) is 0 Å². The van der Waals surface area contributed by atoms with E-state index >= 15 is 0 Å². The fourth-order valence-corrected chi connectivity index (χ4v) is 5.72. The number of rotatable bonds is 7. The van der Waals surface area contributed by atoms with Crippen LogP contribution in [0.4, 0.5) is 17.6 Å². The number of hydrogen-bond donors (Lipinski definition) is 4. The van der Waals surface area contributed by atoms with Gasteiger partial charge in [-0.25, -0.2) is 4.39 Å². The molecule has 2 bridgehead atoms. The lowest BCUT2D eigenvalue weighted by Crippen LogP contribution is -2.67. The number of alkyl halides is 3. The van der Waals surface area contributed by atoms with Gasteiger partial charge in [-0.05, 0) is 57.1 Å². The van der Waals surface area contributed by atoms with Gasteiger partial charge in [0.15, 0.2) is 6.61 Å². The highest BCUT2D eigenvalue weighted by atomic mass is 35.5. The highest BCUT2D eigenvalue weighted by molar-refractivity contribution is 6.30. The van der Waals surface area contributed by atoms with Gasteiger partial charge in [-0.1, -0.05) is 11.6 Å². The zero-order valence-corrected chi connectivity index (χ0v) is 20.4. The Morgan fingerprint density at radius 1 is 1.19 bits per heavy atom. The van der Waals surface area contributed by atoms with Crippen LogP contribution in [0.25, 0.3) is 0 Å². The Kier molecular flexibility index (Phi) is 7.73. The van der Waals surface area contributed by atoms with Gasteiger partial charge in [-0.15, -0.1) is 0 Å². The second kappa shape index (κ2) is 10.3. The zero-order chi connectivity index (χ0) is 26.1. The second-order valence-electron chi connectivity index (χ2n) is 10.2. The first-order chi connectivity index (χ1) is 16.9. The quantitative estimate of drug-likeness (QED) is 0.402. The second-order valence-corrected chi connectivity index (χ2v) is 10.6. The van der Waals surface area contributed by atoms with Crippen molar-refractivity contribution in [2.45, 2.75) is 68.8 Å². The number of aliphatic hydroxyl groups excluding tert-OH is 1. The van der Waals surface area contributed by atoms with Crippen molar-refractivity contribution in [1.82, 2.24) is 16.0 Å². The molecule has 1 aromatic rings. The average Bonchev–Trinajstić information content (AvgIpc) is 2.84. The van der Waals surface area contributed by atoms with E-state index in [4.69, 9.17) is 16.3 Å². The van der Waals surface area contributed by atoms with Crippen molar-refractivity contribution in [2.24, 2.45) is 11.3 Å². The lowest BCUT2D eigenvalue weighted by molar-refractivity contribution is -0.179. The third-order valence-corrected chi connectivity index (χ3v) is 8.25. The van der Waals surface area contributed by atoms with Crippen LogP contribution < -0.4 is 20.7 Å². The number of piperidine rings is 1. The maximum Gasteiger partial charge on any atom is 0.393 e. The molecular weight excluding hydrogens is 506 g/mol. The van der Waals surface area contributed by atoms with Crippen LogP contribution in [0.5, 0.6) is 5.75 Å². The maximum atomic E-state index is 13.5. The van der Waals surface area contributed by atoms with E-state index in [-0.39, 0.29) is 55.3 Å². The van der Waals surface area contributed by atoms with Gasteiger partial charge >= 0.3 is 6.18 Å². The van der Waals surface area contributed by atoms with Crippen LogP contribution in [0.2, 0.25) is 5.02 Å². The van der Waals surface area contributed by atoms with Crippen molar-refractivity contribution >= 4 is 23.4 Å². The summed E-state index contributed by atoms with van der Waals surface area (Å²) in [7, 11) is 0. The highest BCUT2D eigenvalue weighted by Crippen LogP contribution is 2.52. The topological polar surface area (TPSA) is 99.7 Å². The molecule has 5 rings (SSSR count). The van der Waals surface area contributed by atoms with Gasteiger partial charge < -0.3 is 25.8 Å². The number of nitrogens with one attached hydrogen (secondary N) is 3. The minimum atomic E-state index is -4.22. The number of ether oxygens (including phenoxy) is 1. The number of benzene rings is 1. The first kappa shape index (κ1) is 26.9. The Hall–Kier alpha value is -2.11. The summed E-state index contributed by atoms with van der Waals surface area (Å²) in [5, 5.41) is 19.4. The molecule has 7 nitrogen and oxygen atoms in total. The maximum absolute atomic E-state index is 13.5. The van der Waals surface area contributed by atoms with Gasteiger partial charge in [0.25, 0.3) is 5.91 Å². The van der Waals surface area contributed by atoms with Gasteiger partial charge in [-0.3, -0.25) is 9.59 Å². The number of halogens is 5. The van der Waals surface area contributed by atoms with Crippen molar-refractivity contribution in [3.63, 3.8) is 0 Å². The summed E-state index contributed by atoms with van der Waals surface area (Å²) < 4.78 is 57.4. The van der Waals surface area contributed by atoms with E-state index in [9.17, 15) is 32.3 Å². The van der Waals surface area contributed by atoms with Crippen LogP contribution >= 0.6 is 11.6 Å². The van der Waals surface area contributed by atoms with Crippen LogP contribution in [0.3, 0.4) is 0 Å². The molecule has 4 N–H and O–H groups in total. The molecule has 0 radical (unpaired) electrons. The molecule has 4 aliphatic rings. The van der Waals surface area contributed by atoms with Gasteiger partial charge in [0, 0.05) is 25.2 Å². The summed E-state index contributed by atoms with van der Waals surface area (Å²) in [6.45, 7) is -0.302. The number of carbonyl (C=O) groups is 2. The van der Waals surface area contributed by atoms with Gasteiger partial charge in [-0.2, -0.15) is 13.2 Å². The summed E-state index contributed by atoms with van der Waals surface area (Å²) >= 11 is 5.64. The third kappa shape index (κ3) is 5.73. The fourth-order valence-electron chi connectivity index (χ4n) is 5.61. The van der Waals surface area contributed by atoms with Gasteiger partial charge in [0.2, 0.25) is 5.91 Å². The molecule has 1 heterocycles. The van der Waals surface area contributed by atoms with Gasteiger partial charge in [0.05, 0.1) is 28.0 Å². The van der Waals surface area contributed by atoms with Crippen LogP contribution in [-0.2, 0) is 9.59 Å². The standard InChI is InChI=1S/C24H30ClF4N3O4/c25-17-4-3-16(9-18(17)26)36-13-20(34)32-23-7-5-22(6-8-23,10-19(23)33)21(35)31-12-15-2-1-14(11-30-15)24(27,28)29/h3-4,9,14-15,19,30,33H,1-2,5-8,10-13H2,(H,31,35)(H,32,34). The first-order valence-electron chi connectivity index (χ1n) is 12.1. The summed E-state index contributed by atoms with van der Waals surface area (Å²) in [5.41, 5.74) is -1.64. The molecule has 4 fully saturated rings. The Morgan fingerprint density at radius 2 is 1.92 bits per heavy atom. The largest absolute Gasteiger partial charge is 0.484 e. The molecule has 3 saturated carbocycles. The summed E-state index contributed by atoms with van der Waals surface area (Å²) in [6.07, 6.45) is -2.90. The van der Waals surface area contributed by atoms with Crippen LogP contribution in [-0.4, -0.2) is 60.5 Å². The van der Waals surface area contributed by atoms with Crippen molar-refractivity contribution < 1.29 is 37.0 Å². The summed E-state index contributed by atoms with van der Waals surface area (Å²) in [4.78, 5) is 25.6. The van der Waals surface area contributed by atoms with Crippen LogP contribution in [0.15, 0.2) is 18.2 Å². The normalized spacial score (nSPS) is 32.1. The monoisotopic (exact) mass is 535 g/mol. The SMILES string of the molecule is O=C(COc1ccc(Cl)c(F)c1)NC12CCC(C(=O)NCC3CCC(C(F)(F)F)CN3)(CC1)CC2O. The van der Waals surface area contributed by atoms with E-state index in [2.05, 4.69) is 16.0 Å². The molecule has 3 unspecified atom stereocenters. The Labute approximate surface area is 211 Å². The Morgan fingerprint density at radius 3 is 2.50 bits per heavy atom. The molecule has 1 saturated heterocycles. The summed E-state index contributed by atoms with van der Waals surface area (Å²) in [5.74, 6) is -2.56. The van der Waals surface area contributed by atoms with Crippen LogP contribution in [0.1, 0.15) is 44.9 Å². The van der Waals surface area contributed by atoms with Crippen LogP contribution in [0, 0.1) is 17.2 Å². The van der Waals surface area contributed by atoms with Gasteiger partial charge in [0.1, 0.15) is 11.6 Å². The molecule has 0 spiro atoms. The summed E-state index contributed by atoms with van der Waals surface area (Å²) in [6, 6.07) is 3.61. The van der Waals surface area contributed by atoms with E-state index in [1.807, 2.05) is 0 Å². The van der Waals surface area contributed by atoms with E-state index in [0.29, 0.717) is 32.1 Å².